The van der Waals surface area contributed by atoms with E-state index in [1.807, 2.05) is 14.0 Å². The fourth-order valence-electron chi connectivity index (χ4n) is 1.94. The van der Waals surface area contributed by atoms with E-state index in [4.69, 9.17) is 0 Å². The van der Waals surface area contributed by atoms with Crippen LogP contribution in [0.5, 0.6) is 0 Å². The molecule has 3 nitrogen and oxygen atoms in total. The maximum atomic E-state index is 9.27. The molecule has 0 amide bonds. The van der Waals surface area contributed by atoms with Crippen LogP contribution in [0.25, 0.3) is 0 Å². The molecule has 4 heteroatoms. The molecule has 0 heterocycles. The normalized spacial score (nSPS) is 16.7. The van der Waals surface area contributed by atoms with Gasteiger partial charge in [0.05, 0.1) is 6.61 Å². The van der Waals surface area contributed by atoms with Crippen LogP contribution in [0.2, 0.25) is 0 Å². The highest BCUT2D eigenvalue weighted by atomic mass is 79.9. The molecule has 1 aliphatic rings. The van der Waals surface area contributed by atoms with Gasteiger partial charge < -0.3 is 15.3 Å². The Balaban J connectivity index is 2.15. The molecule has 1 aromatic carbocycles. The van der Waals surface area contributed by atoms with Gasteiger partial charge in [-0.1, -0.05) is 15.9 Å². The summed E-state index contributed by atoms with van der Waals surface area (Å²) in [6.07, 6.45) is 2.60. The van der Waals surface area contributed by atoms with Gasteiger partial charge in [0.25, 0.3) is 0 Å². The number of nitrogens with zero attached hydrogens (tertiary/aromatic N) is 1. The van der Waals surface area contributed by atoms with Gasteiger partial charge in [-0.15, -0.1) is 0 Å². The van der Waals surface area contributed by atoms with Crippen LogP contribution in [0.3, 0.4) is 0 Å². The second kappa shape index (κ2) is 6.04. The third kappa shape index (κ3) is 3.46. The van der Waals surface area contributed by atoms with Crippen molar-refractivity contribution < 1.29 is 5.11 Å². The van der Waals surface area contributed by atoms with E-state index in [-0.39, 0.29) is 12.6 Å². The Hall–Kier alpha value is -0.580. The molecular formula is C14H21BrN2O. The van der Waals surface area contributed by atoms with E-state index >= 15 is 0 Å². The fraction of sp³-hybridized carbons (Fsp3) is 0.571. The molecule has 2 N–H and O–H groups in total. The summed E-state index contributed by atoms with van der Waals surface area (Å²) >= 11 is 3.53. The predicted molar refractivity (Wildman–Crippen MR) is 79.0 cm³/mol. The number of hydrogen-bond acceptors (Lipinski definition) is 3. The fourth-order valence-corrected chi connectivity index (χ4v) is 2.35. The van der Waals surface area contributed by atoms with Crippen LogP contribution in [0.1, 0.15) is 25.3 Å². The van der Waals surface area contributed by atoms with E-state index in [2.05, 4.69) is 44.3 Å². The number of anilines is 1. The Labute approximate surface area is 117 Å². The number of aliphatic hydroxyl groups is 1. The molecule has 1 atom stereocenters. The summed E-state index contributed by atoms with van der Waals surface area (Å²) < 4.78 is 1.10. The van der Waals surface area contributed by atoms with Crippen molar-refractivity contribution in [3.63, 3.8) is 0 Å². The molecule has 0 radical (unpaired) electrons. The molecule has 0 aromatic heterocycles. The number of likely N-dealkylation sites (N-methyl/N-ethyl adjacent to an activating group) is 1. The quantitative estimate of drug-likeness (QED) is 0.847. The monoisotopic (exact) mass is 312 g/mol. The predicted octanol–water partition coefficient (Wildman–Crippen LogP) is 2.52. The lowest BCUT2D eigenvalue weighted by atomic mass is 10.1. The lowest BCUT2D eigenvalue weighted by molar-refractivity contribution is 0.270. The highest BCUT2D eigenvalue weighted by Crippen LogP contribution is 2.27. The van der Waals surface area contributed by atoms with Crippen molar-refractivity contribution in [3.8, 4) is 0 Å². The van der Waals surface area contributed by atoms with E-state index in [0.717, 1.165) is 11.0 Å². The second-order valence-corrected chi connectivity index (χ2v) is 5.99. The molecule has 1 aliphatic carbocycles. The first-order chi connectivity index (χ1) is 8.61. The van der Waals surface area contributed by atoms with E-state index in [1.54, 1.807) is 0 Å². The first-order valence-electron chi connectivity index (χ1n) is 6.47. The Bertz CT molecular complexity index is 407. The van der Waals surface area contributed by atoms with Crippen LogP contribution in [0, 0.1) is 0 Å². The number of halogens is 1. The highest BCUT2D eigenvalue weighted by Gasteiger charge is 2.21. The number of hydrogen-bond donors (Lipinski definition) is 2. The SMILES string of the molecule is CC(CO)N(C)c1ccc(Br)cc1CNC1CC1. The van der Waals surface area contributed by atoms with Gasteiger partial charge in [-0.3, -0.25) is 0 Å². The van der Waals surface area contributed by atoms with Crippen LogP contribution in [-0.4, -0.2) is 30.8 Å². The largest absolute Gasteiger partial charge is 0.394 e. The van der Waals surface area contributed by atoms with Gasteiger partial charge in [0, 0.05) is 35.8 Å². The summed E-state index contributed by atoms with van der Waals surface area (Å²) in [4.78, 5) is 2.14. The Morgan fingerprint density at radius 2 is 2.22 bits per heavy atom. The molecular weight excluding hydrogens is 292 g/mol. The zero-order valence-corrected chi connectivity index (χ0v) is 12.6. The second-order valence-electron chi connectivity index (χ2n) is 5.07. The molecule has 1 fully saturated rings. The van der Waals surface area contributed by atoms with Gasteiger partial charge in [-0.2, -0.15) is 0 Å². The molecule has 0 bridgehead atoms. The average molecular weight is 313 g/mol. The summed E-state index contributed by atoms with van der Waals surface area (Å²) in [5, 5.41) is 12.8. The van der Waals surface area contributed by atoms with Crippen molar-refractivity contribution in [1.82, 2.24) is 5.32 Å². The number of aliphatic hydroxyl groups excluding tert-OH is 1. The van der Waals surface area contributed by atoms with Crippen LogP contribution in [-0.2, 0) is 6.54 Å². The Morgan fingerprint density at radius 1 is 1.50 bits per heavy atom. The van der Waals surface area contributed by atoms with E-state index < -0.39 is 0 Å². The zero-order valence-electron chi connectivity index (χ0n) is 11.0. The smallest absolute Gasteiger partial charge is 0.0632 e. The van der Waals surface area contributed by atoms with E-state index in [0.29, 0.717) is 6.04 Å². The van der Waals surface area contributed by atoms with Crippen molar-refractivity contribution in [2.24, 2.45) is 0 Å². The molecule has 1 unspecified atom stereocenters. The molecule has 2 rings (SSSR count). The lowest BCUT2D eigenvalue weighted by Crippen LogP contribution is -2.33. The minimum atomic E-state index is 0.130. The molecule has 0 saturated heterocycles. The van der Waals surface area contributed by atoms with Crippen molar-refractivity contribution in [1.29, 1.82) is 0 Å². The lowest BCUT2D eigenvalue weighted by Gasteiger charge is -2.28. The highest BCUT2D eigenvalue weighted by molar-refractivity contribution is 9.10. The van der Waals surface area contributed by atoms with E-state index in [1.165, 1.54) is 24.1 Å². The minimum Gasteiger partial charge on any atom is -0.394 e. The third-order valence-electron chi connectivity index (χ3n) is 3.51. The van der Waals surface area contributed by atoms with Crippen LogP contribution in [0.15, 0.2) is 22.7 Å². The van der Waals surface area contributed by atoms with Crippen LogP contribution >= 0.6 is 15.9 Å². The molecule has 100 valence electrons. The molecule has 18 heavy (non-hydrogen) atoms. The van der Waals surface area contributed by atoms with Gasteiger partial charge >= 0.3 is 0 Å². The zero-order chi connectivity index (χ0) is 13.1. The van der Waals surface area contributed by atoms with Crippen LogP contribution in [0.4, 0.5) is 5.69 Å². The molecule has 1 aromatic rings. The van der Waals surface area contributed by atoms with Gasteiger partial charge in [0.1, 0.15) is 0 Å². The number of rotatable bonds is 6. The molecule has 0 spiro atoms. The van der Waals surface area contributed by atoms with E-state index in [9.17, 15) is 5.11 Å². The van der Waals surface area contributed by atoms with Gasteiger partial charge in [0.15, 0.2) is 0 Å². The van der Waals surface area contributed by atoms with Gasteiger partial charge in [-0.25, -0.2) is 0 Å². The standard InChI is InChI=1S/C14H21BrN2O/c1-10(9-18)17(2)14-6-3-12(15)7-11(14)8-16-13-4-5-13/h3,6-7,10,13,16,18H,4-5,8-9H2,1-2H3. The third-order valence-corrected chi connectivity index (χ3v) is 4.00. The summed E-state index contributed by atoms with van der Waals surface area (Å²) in [5.41, 5.74) is 2.46. The summed E-state index contributed by atoms with van der Waals surface area (Å²) in [6.45, 7) is 3.09. The van der Waals surface area contributed by atoms with Crippen molar-refractivity contribution in [2.45, 2.75) is 38.4 Å². The van der Waals surface area contributed by atoms with Crippen LogP contribution < -0.4 is 10.2 Å². The van der Waals surface area contributed by atoms with Crippen molar-refractivity contribution in [3.05, 3.63) is 28.2 Å². The summed E-state index contributed by atoms with van der Waals surface area (Å²) in [6, 6.07) is 7.16. The first-order valence-corrected chi connectivity index (χ1v) is 7.26. The maximum absolute atomic E-state index is 9.27. The van der Waals surface area contributed by atoms with Gasteiger partial charge in [-0.05, 0) is 43.5 Å². The summed E-state index contributed by atoms with van der Waals surface area (Å²) in [7, 11) is 2.03. The van der Waals surface area contributed by atoms with Crippen molar-refractivity contribution in [2.75, 3.05) is 18.6 Å². The first kappa shape index (κ1) is 13.8. The number of nitrogens with one attached hydrogen (secondary N) is 1. The van der Waals surface area contributed by atoms with Crippen molar-refractivity contribution >= 4 is 21.6 Å². The maximum Gasteiger partial charge on any atom is 0.0632 e. The molecule has 1 saturated carbocycles. The Morgan fingerprint density at radius 3 is 2.83 bits per heavy atom. The average Bonchev–Trinajstić information content (AvgIpc) is 3.18. The number of benzene rings is 1. The topological polar surface area (TPSA) is 35.5 Å². The Kier molecular flexibility index (Phi) is 4.65. The molecule has 0 aliphatic heterocycles. The minimum absolute atomic E-state index is 0.130. The summed E-state index contributed by atoms with van der Waals surface area (Å²) in [5.74, 6) is 0. The van der Waals surface area contributed by atoms with Gasteiger partial charge in [0.2, 0.25) is 0 Å².